The van der Waals surface area contributed by atoms with Crippen molar-refractivity contribution >= 4 is 17.6 Å². The number of carboxylic acid groups (broad SMARTS) is 1. The molecule has 0 aliphatic carbocycles. The van der Waals surface area contributed by atoms with Crippen LogP contribution in [0.1, 0.15) is 21.6 Å². The molecule has 0 saturated carbocycles. The monoisotopic (exact) mass is 269 g/mol. The van der Waals surface area contributed by atoms with Crippen molar-refractivity contribution in [3.8, 4) is 11.3 Å². The van der Waals surface area contributed by atoms with Crippen LogP contribution in [-0.4, -0.2) is 16.2 Å². The van der Waals surface area contributed by atoms with Crippen LogP contribution in [0.25, 0.3) is 11.3 Å². The summed E-state index contributed by atoms with van der Waals surface area (Å²) in [6.07, 6.45) is 0. The first-order valence-electron chi connectivity index (χ1n) is 5.07. The molecule has 0 bridgehead atoms. The number of benzene rings is 1. The Kier molecular flexibility index (Phi) is 3.09. The van der Waals surface area contributed by atoms with E-state index in [0.29, 0.717) is 11.1 Å². The van der Waals surface area contributed by atoms with Gasteiger partial charge >= 0.3 is 5.97 Å². The van der Waals surface area contributed by atoms with Gasteiger partial charge in [-0.2, -0.15) is 0 Å². The van der Waals surface area contributed by atoms with Gasteiger partial charge < -0.3 is 9.63 Å². The van der Waals surface area contributed by atoms with E-state index in [1.165, 1.54) is 12.1 Å². The van der Waals surface area contributed by atoms with Crippen molar-refractivity contribution in [2.24, 2.45) is 0 Å². The predicted octanol–water partition coefficient (Wildman–Crippen LogP) is 3.45. The number of hydrogen-bond donors (Lipinski definition) is 1. The first-order chi connectivity index (χ1) is 8.41. The molecule has 1 aromatic heterocycles. The maximum absolute atomic E-state index is 13.6. The summed E-state index contributed by atoms with van der Waals surface area (Å²) < 4.78 is 18.5. The minimum Gasteiger partial charge on any atom is -0.476 e. The molecule has 0 aliphatic rings. The molecule has 4 nitrogen and oxygen atoms in total. The van der Waals surface area contributed by atoms with E-state index < -0.39 is 11.8 Å². The zero-order valence-electron chi connectivity index (χ0n) is 9.62. The van der Waals surface area contributed by atoms with Gasteiger partial charge in [-0.3, -0.25) is 0 Å². The zero-order valence-corrected chi connectivity index (χ0v) is 10.4. The van der Waals surface area contributed by atoms with Gasteiger partial charge in [-0.1, -0.05) is 16.8 Å². The first kappa shape index (κ1) is 12.6. The quantitative estimate of drug-likeness (QED) is 0.907. The van der Waals surface area contributed by atoms with Gasteiger partial charge in [0.1, 0.15) is 5.82 Å². The van der Waals surface area contributed by atoms with Crippen LogP contribution in [0.2, 0.25) is 5.02 Å². The minimum atomic E-state index is -1.22. The fourth-order valence-corrected chi connectivity index (χ4v) is 1.92. The molecule has 0 amide bonds. The van der Waals surface area contributed by atoms with Crippen molar-refractivity contribution < 1.29 is 18.8 Å². The molecule has 6 heteroatoms. The van der Waals surface area contributed by atoms with Crippen LogP contribution < -0.4 is 0 Å². The Hall–Kier alpha value is -1.88. The molecule has 94 valence electrons. The van der Waals surface area contributed by atoms with Gasteiger partial charge in [-0.05, 0) is 31.0 Å². The van der Waals surface area contributed by atoms with E-state index in [9.17, 15) is 9.18 Å². The minimum absolute atomic E-state index is 0.105. The van der Waals surface area contributed by atoms with Gasteiger partial charge in [0.15, 0.2) is 11.5 Å². The van der Waals surface area contributed by atoms with Crippen LogP contribution >= 0.6 is 11.6 Å². The topological polar surface area (TPSA) is 63.3 Å². The van der Waals surface area contributed by atoms with Crippen molar-refractivity contribution in [2.45, 2.75) is 13.8 Å². The van der Waals surface area contributed by atoms with Crippen LogP contribution in [0.4, 0.5) is 4.39 Å². The van der Waals surface area contributed by atoms with Gasteiger partial charge in [0.05, 0.1) is 5.02 Å². The highest BCUT2D eigenvalue weighted by Gasteiger charge is 2.19. The van der Waals surface area contributed by atoms with Crippen molar-refractivity contribution in [3.05, 3.63) is 39.8 Å². The third kappa shape index (κ3) is 1.97. The maximum Gasteiger partial charge on any atom is 0.358 e. The molecular formula is C12H9ClFNO3. The first-order valence-corrected chi connectivity index (χ1v) is 5.45. The standard InChI is InChI=1S/C12H9ClFNO3/c1-5-3-7(14)11(13)10(6(5)2)9-4-8(12(16)17)15-18-9/h3-4H,1-2H3,(H,16,17). The molecule has 18 heavy (non-hydrogen) atoms. The fourth-order valence-electron chi connectivity index (χ4n) is 1.63. The summed E-state index contributed by atoms with van der Waals surface area (Å²) in [4.78, 5) is 10.7. The van der Waals surface area contributed by atoms with Gasteiger partial charge in [0.2, 0.25) is 0 Å². The van der Waals surface area contributed by atoms with Crippen molar-refractivity contribution in [2.75, 3.05) is 0 Å². The van der Waals surface area contributed by atoms with E-state index in [4.69, 9.17) is 21.2 Å². The largest absolute Gasteiger partial charge is 0.476 e. The van der Waals surface area contributed by atoms with Crippen LogP contribution in [0, 0.1) is 19.7 Å². The molecule has 0 atom stereocenters. The van der Waals surface area contributed by atoms with E-state index in [1.807, 2.05) is 0 Å². The Balaban J connectivity index is 2.66. The molecule has 1 N–H and O–H groups in total. The molecule has 2 aromatic rings. The predicted molar refractivity (Wildman–Crippen MR) is 63.3 cm³/mol. The van der Waals surface area contributed by atoms with Gasteiger partial charge in [0, 0.05) is 11.6 Å². The number of hydrogen-bond acceptors (Lipinski definition) is 3. The Morgan fingerprint density at radius 2 is 2.11 bits per heavy atom. The SMILES string of the molecule is Cc1cc(F)c(Cl)c(-c2cc(C(=O)O)no2)c1C. The van der Waals surface area contributed by atoms with Crippen molar-refractivity contribution in [1.29, 1.82) is 0 Å². The van der Waals surface area contributed by atoms with Gasteiger partial charge in [-0.25, -0.2) is 9.18 Å². The highest BCUT2D eigenvalue weighted by molar-refractivity contribution is 6.33. The van der Waals surface area contributed by atoms with E-state index in [-0.39, 0.29) is 16.5 Å². The lowest BCUT2D eigenvalue weighted by Crippen LogP contribution is -1.95. The highest BCUT2D eigenvalue weighted by Crippen LogP contribution is 2.35. The average molecular weight is 270 g/mol. The summed E-state index contributed by atoms with van der Waals surface area (Å²) in [6.45, 7) is 3.48. The third-order valence-electron chi connectivity index (χ3n) is 2.71. The Bertz CT molecular complexity index is 610. The van der Waals surface area contributed by atoms with Crippen molar-refractivity contribution in [3.63, 3.8) is 0 Å². The molecule has 1 heterocycles. The molecule has 0 fully saturated rings. The number of rotatable bonds is 2. The fraction of sp³-hybridized carbons (Fsp3) is 0.167. The molecule has 0 saturated heterocycles. The second kappa shape index (κ2) is 4.42. The third-order valence-corrected chi connectivity index (χ3v) is 3.08. The molecule has 1 aromatic carbocycles. The van der Waals surface area contributed by atoms with Crippen LogP contribution in [0.3, 0.4) is 0 Å². The second-order valence-electron chi connectivity index (χ2n) is 3.87. The smallest absolute Gasteiger partial charge is 0.358 e. The molecule has 2 rings (SSSR count). The summed E-state index contributed by atoms with van der Waals surface area (Å²) in [5.41, 5.74) is 1.49. The maximum atomic E-state index is 13.6. The van der Waals surface area contributed by atoms with Gasteiger partial charge in [-0.15, -0.1) is 0 Å². The Morgan fingerprint density at radius 1 is 1.44 bits per heavy atom. The number of halogens is 2. The number of carboxylic acids is 1. The zero-order chi connectivity index (χ0) is 13.4. The van der Waals surface area contributed by atoms with Crippen LogP contribution in [0.15, 0.2) is 16.7 Å². The number of aromatic nitrogens is 1. The summed E-state index contributed by atoms with van der Waals surface area (Å²) in [5, 5.41) is 12.0. The van der Waals surface area contributed by atoms with E-state index in [2.05, 4.69) is 5.16 Å². The summed E-state index contributed by atoms with van der Waals surface area (Å²) in [6, 6.07) is 2.53. The number of carbonyl (C=O) groups is 1. The second-order valence-corrected chi connectivity index (χ2v) is 4.25. The number of aromatic carboxylic acids is 1. The summed E-state index contributed by atoms with van der Waals surface area (Å²) in [7, 11) is 0. The normalized spacial score (nSPS) is 10.7. The lowest BCUT2D eigenvalue weighted by molar-refractivity contribution is 0.0686. The molecule has 0 aliphatic heterocycles. The van der Waals surface area contributed by atoms with Gasteiger partial charge in [0.25, 0.3) is 0 Å². The molecule has 0 radical (unpaired) electrons. The lowest BCUT2D eigenvalue weighted by Gasteiger charge is -2.08. The van der Waals surface area contributed by atoms with E-state index in [0.717, 1.165) is 5.56 Å². The molecular weight excluding hydrogens is 261 g/mol. The lowest BCUT2D eigenvalue weighted by atomic mass is 10.0. The number of aryl methyl sites for hydroxylation is 1. The average Bonchev–Trinajstić information content (AvgIpc) is 2.76. The number of nitrogens with zero attached hydrogens (tertiary/aromatic N) is 1. The summed E-state index contributed by atoms with van der Waals surface area (Å²) >= 11 is 5.88. The Morgan fingerprint density at radius 3 is 2.67 bits per heavy atom. The van der Waals surface area contributed by atoms with Crippen LogP contribution in [-0.2, 0) is 0 Å². The van der Waals surface area contributed by atoms with Crippen LogP contribution in [0.5, 0.6) is 0 Å². The van der Waals surface area contributed by atoms with E-state index >= 15 is 0 Å². The Labute approximate surface area is 107 Å². The van der Waals surface area contributed by atoms with Crippen molar-refractivity contribution in [1.82, 2.24) is 5.16 Å². The highest BCUT2D eigenvalue weighted by atomic mass is 35.5. The van der Waals surface area contributed by atoms with E-state index in [1.54, 1.807) is 13.8 Å². The molecule has 0 unspecified atom stereocenters. The molecule has 0 spiro atoms. The summed E-state index contributed by atoms with van der Waals surface area (Å²) in [5.74, 6) is -1.66.